The molecule has 0 saturated carbocycles. The van der Waals surface area contributed by atoms with Crippen LogP contribution in [0.3, 0.4) is 0 Å². The Hall–Kier alpha value is -5.20. The summed E-state index contributed by atoms with van der Waals surface area (Å²) in [4.78, 5) is 68.4. The zero-order valence-electron chi connectivity index (χ0n) is 28.2. The highest BCUT2D eigenvalue weighted by Gasteiger charge is 2.31. The molecule has 12 heteroatoms. The normalized spacial score (nSPS) is 13.1. The first-order valence-electron chi connectivity index (χ1n) is 16.1. The van der Waals surface area contributed by atoms with E-state index < -0.39 is 23.0 Å². The molecule has 1 unspecified atom stereocenters. The second-order valence-corrected chi connectivity index (χ2v) is 14.0. The largest absolute Gasteiger partial charge is 0.465 e. The van der Waals surface area contributed by atoms with Crippen molar-refractivity contribution in [3.8, 4) is 0 Å². The minimum Gasteiger partial charge on any atom is -0.465 e. The van der Waals surface area contributed by atoms with Gasteiger partial charge in [0.2, 0.25) is 11.8 Å². The van der Waals surface area contributed by atoms with Gasteiger partial charge in [0.25, 0.3) is 11.8 Å². The van der Waals surface area contributed by atoms with Gasteiger partial charge in [-0.25, -0.2) is 4.79 Å². The zero-order valence-corrected chi connectivity index (χ0v) is 29.8. The Balaban J connectivity index is 1.32. The van der Waals surface area contributed by atoms with Gasteiger partial charge in [-0.1, -0.05) is 55.5 Å². The van der Waals surface area contributed by atoms with Crippen LogP contribution in [0.1, 0.15) is 62.6 Å². The number of thioether (sulfide) groups is 1. The fourth-order valence-corrected chi connectivity index (χ4v) is 7.72. The third-order valence-electron chi connectivity index (χ3n) is 8.18. The second kappa shape index (κ2) is 16.5. The van der Waals surface area contributed by atoms with Crippen molar-refractivity contribution in [1.29, 1.82) is 0 Å². The highest BCUT2D eigenvalue weighted by atomic mass is 32.2. The van der Waals surface area contributed by atoms with E-state index in [1.54, 1.807) is 53.4 Å². The Morgan fingerprint density at radius 2 is 1.72 bits per heavy atom. The maximum absolute atomic E-state index is 13.6. The number of rotatable bonds is 11. The van der Waals surface area contributed by atoms with E-state index in [0.717, 1.165) is 26.5 Å². The van der Waals surface area contributed by atoms with E-state index in [1.807, 2.05) is 50.2 Å². The molecule has 1 aromatic heterocycles. The van der Waals surface area contributed by atoms with Crippen LogP contribution >= 0.6 is 23.1 Å². The van der Waals surface area contributed by atoms with Crippen LogP contribution in [0.2, 0.25) is 0 Å². The lowest BCUT2D eigenvalue weighted by Crippen LogP contribution is -2.34. The topological polar surface area (TPSA) is 134 Å². The van der Waals surface area contributed by atoms with Gasteiger partial charge in [0.1, 0.15) is 10.7 Å². The Bertz CT molecular complexity index is 1960. The lowest BCUT2D eigenvalue weighted by Gasteiger charge is -2.25. The number of ether oxygens (including phenoxy) is 1. The number of fused-ring (bicyclic) bond motifs is 1. The van der Waals surface area contributed by atoms with E-state index in [0.29, 0.717) is 47.7 Å². The standard InChI is InChI=1S/C38H38N4O6S2/c1-5-31(36(46)41-37-33(38(47)48-4)29-18-19-42(24(3)43)22-32(29)50-37)49-28-17-11-16-27(21-28)39-35(45)30(20-26-15-10-9-12-23(26)2)40-34(44)25-13-7-6-8-14-25/h6-17,20-21,31H,5,18-19,22H2,1-4H3,(H,39,45)(H,40,44)(H,41,46)/b30-20-. The maximum atomic E-state index is 13.6. The van der Waals surface area contributed by atoms with Gasteiger partial charge in [0.15, 0.2) is 0 Å². The van der Waals surface area contributed by atoms with E-state index in [1.165, 1.54) is 37.1 Å². The maximum Gasteiger partial charge on any atom is 0.341 e. The van der Waals surface area contributed by atoms with Crippen LogP contribution in [0.4, 0.5) is 10.7 Å². The molecule has 0 aliphatic carbocycles. The number of nitrogens with one attached hydrogen (secondary N) is 3. The van der Waals surface area contributed by atoms with E-state index in [4.69, 9.17) is 4.74 Å². The van der Waals surface area contributed by atoms with Gasteiger partial charge in [-0.15, -0.1) is 23.1 Å². The number of carbonyl (C=O) groups excluding carboxylic acids is 5. The molecule has 0 bridgehead atoms. The fourth-order valence-electron chi connectivity index (χ4n) is 5.45. The molecule has 0 radical (unpaired) electrons. The van der Waals surface area contributed by atoms with Crippen LogP contribution in [0.15, 0.2) is 89.5 Å². The number of benzene rings is 3. The number of amides is 4. The van der Waals surface area contributed by atoms with Gasteiger partial charge < -0.3 is 25.6 Å². The second-order valence-electron chi connectivity index (χ2n) is 11.6. The van der Waals surface area contributed by atoms with E-state index >= 15 is 0 Å². The van der Waals surface area contributed by atoms with Crippen molar-refractivity contribution < 1.29 is 28.7 Å². The molecule has 4 amide bonds. The molecule has 2 heterocycles. The van der Waals surface area contributed by atoms with Gasteiger partial charge in [0, 0.05) is 34.5 Å². The molecule has 4 aromatic rings. The number of hydrogen-bond donors (Lipinski definition) is 3. The molecule has 0 fully saturated rings. The number of methoxy groups -OCH3 is 1. The Labute approximate surface area is 299 Å². The predicted octanol–water partition coefficient (Wildman–Crippen LogP) is 6.67. The van der Waals surface area contributed by atoms with Crippen molar-refractivity contribution in [3.63, 3.8) is 0 Å². The first-order chi connectivity index (χ1) is 24.1. The average molecular weight is 711 g/mol. The summed E-state index contributed by atoms with van der Waals surface area (Å²) < 4.78 is 5.05. The molecule has 3 N–H and O–H groups in total. The summed E-state index contributed by atoms with van der Waals surface area (Å²) in [5, 5.41) is 8.49. The molecule has 0 saturated heterocycles. The molecule has 1 aliphatic heterocycles. The molecular weight excluding hydrogens is 673 g/mol. The van der Waals surface area contributed by atoms with Crippen LogP contribution in [-0.4, -0.2) is 53.4 Å². The molecule has 50 heavy (non-hydrogen) atoms. The van der Waals surface area contributed by atoms with Crippen LogP contribution in [-0.2, 0) is 32.1 Å². The van der Waals surface area contributed by atoms with Crippen molar-refractivity contribution in [2.24, 2.45) is 0 Å². The predicted molar refractivity (Wildman–Crippen MR) is 197 cm³/mol. The van der Waals surface area contributed by atoms with Crippen LogP contribution < -0.4 is 16.0 Å². The number of anilines is 2. The van der Waals surface area contributed by atoms with E-state index in [2.05, 4.69) is 16.0 Å². The molecule has 1 atom stereocenters. The van der Waals surface area contributed by atoms with E-state index in [-0.39, 0.29) is 17.5 Å². The summed E-state index contributed by atoms with van der Waals surface area (Å²) >= 11 is 2.61. The van der Waals surface area contributed by atoms with Gasteiger partial charge in [-0.05, 0) is 72.9 Å². The third-order valence-corrected chi connectivity index (χ3v) is 10.7. The summed E-state index contributed by atoms with van der Waals surface area (Å²) in [6, 6.07) is 23.3. The summed E-state index contributed by atoms with van der Waals surface area (Å²) in [5.41, 5.74) is 3.82. The monoisotopic (exact) mass is 710 g/mol. The third kappa shape index (κ3) is 8.68. The van der Waals surface area contributed by atoms with Crippen LogP contribution in [0, 0.1) is 6.92 Å². The first kappa shape index (κ1) is 36.1. The van der Waals surface area contributed by atoms with Crippen molar-refractivity contribution in [2.75, 3.05) is 24.3 Å². The highest BCUT2D eigenvalue weighted by molar-refractivity contribution is 8.00. The first-order valence-corrected chi connectivity index (χ1v) is 17.8. The molecule has 1 aliphatic rings. The van der Waals surface area contributed by atoms with Gasteiger partial charge in [0.05, 0.1) is 24.5 Å². The highest BCUT2D eigenvalue weighted by Crippen LogP contribution is 2.38. The molecule has 3 aromatic carbocycles. The smallest absolute Gasteiger partial charge is 0.341 e. The minimum absolute atomic E-state index is 0.0504. The van der Waals surface area contributed by atoms with Crippen molar-refractivity contribution in [2.45, 2.75) is 50.3 Å². The Kier molecular flexibility index (Phi) is 11.9. The average Bonchev–Trinajstić information content (AvgIpc) is 3.48. The number of thiophene rings is 1. The fraction of sp³-hybridized carbons (Fsp3) is 0.237. The van der Waals surface area contributed by atoms with Gasteiger partial charge >= 0.3 is 5.97 Å². The van der Waals surface area contributed by atoms with Crippen molar-refractivity contribution in [3.05, 3.63) is 117 Å². The molecule has 258 valence electrons. The van der Waals surface area contributed by atoms with E-state index in [9.17, 15) is 24.0 Å². The lowest BCUT2D eigenvalue weighted by atomic mass is 10.0. The Morgan fingerprint density at radius 3 is 2.42 bits per heavy atom. The van der Waals surface area contributed by atoms with Crippen molar-refractivity contribution in [1.82, 2.24) is 10.2 Å². The Morgan fingerprint density at radius 1 is 0.980 bits per heavy atom. The SMILES string of the molecule is CCC(Sc1cccc(NC(=O)/C(=C/c2ccccc2C)NC(=O)c2ccccc2)c1)C(=O)Nc1sc2c(c1C(=O)OC)CCN(C(C)=O)C2. The van der Waals surface area contributed by atoms with Gasteiger partial charge in [-0.3, -0.25) is 19.2 Å². The lowest BCUT2D eigenvalue weighted by molar-refractivity contribution is -0.129. The zero-order chi connectivity index (χ0) is 35.8. The number of esters is 1. The molecule has 0 spiro atoms. The summed E-state index contributed by atoms with van der Waals surface area (Å²) in [6.45, 7) is 6.19. The number of hydrogen-bond acceptors (Lipinski definition) is 8. The quantitative estimate of drug-likeness (QED) is 0.0900. The molecule has 10 nitrogen and oxygen atoms in total. The molecule has 5 rings (SSSR count). The minimum atomic E-state index is -0.533. The number of nitrogens with zero attached hydrogens (tertiary/aromatic N) is 1. The van der Waals surface area contributed by atoms with Gasteiger partial charge in [-0.2, -0.15) is 0 Å². The van der Waals surface area contributed by atoms with Crippen molar-refractivity contribution >= 4 is 69.5 Å². The van der Waals surface area contributed by atoms with Crippen LogP contribution in [0.25, 0.3) is 6.08 Å². The summed E-state index contributed by atoms with van der Waals surface area (Å²) in [6.07, 6.45) is 2.62. The molecular formula is C38H38N4O6S2. The number of aryl methyl sites for hydroxylation is 1. The summed E-state index contributed by atoms with van der Waals surface area (Å²) in [7, 11) is 1.30. The number of carbonyl (C=O) groups is 5. The van der Waals surface area contributed by atoms with Crippen LogP contribution in [0.5, 0.6) is 0 Å². The summed E-state index contributed by atoms with van der Waals surface area (Å²) in [5.74, 6) is -1.80.